The van der Waals surface area contributed by atoms with Gasteiger partial charge in [-0.1, -0.05) is 22.4 Å². The molecular weight excluding hydrogens is 314 g/mol. The molecule has 4 rings (SSSR count). The zero-order valence-electron chi connectivity index (χ0n) is 11.8. The molecule has 0 spiro atoms. The number of aromatic nitrogens is 2. The van der Waals surface area contributed by atoms with E-state index in [4.69, 9.17) is 4.98 Å². The third-order valence-corrected chi connectivity index (χ3v) is 5.43. The maximum atomic E-state index is 4.85. The highest BCUT2D eigenvalue weighted by Crippen LogP contribution is 2.30. The first-order chi connectivity index (χ1) is 9.72. The lowest BCUT2D eigenvalue weighted by Gasteiger charge is -2.40. The second kappa shape index (κ2) is 4.85. The van der Waals surface area contributed by atoms with Crippen LogP contribution in [0.3, 0.4) is 0 Å². The number of benzene rings is 1. The summed E-state index contributed by atoms with van der Waals surface area (Å²) in [5.41, 5.74) is 2.41. The average molecular weight is 334 g/mol. The summed E-state index contributed by atoms with van der Waals surface area (Å²) in [6.07, 6.45) is 5.27. The normalized spacial score (nSPS) is 24.4. The van der Waals surface area contributed by atoms with Crippen molar-refractivity contribution in [2.75, 3.05) is 6.54 Å². The quantitative estimate of drug-likeness (QED) is 0.795. The Labute approximate surface area is 128 Å². The Bertz CT molecular complexity index is 644. The molecule has 3 nitrogen and oxygen atoms in total. The van der Waals surface area contributed by atoms with Gasteiger partial charge in [0, 0.05) is 36.1 Å². The van der Waals surface area contributed by atoms with Crippen LogP contribution in [0.5, 0.6) is 0 Å². The molecule has 1 saturated carbocycles. The summed E-state index contributed by atoms with van der Waals surface area (Å²) >= 11 is 3.54. The molecule has 1 aromatic carbocycles. The van der Waals surface area contributed by atoms with Gasteiger partial charge in [0.05, 0.1) is 11.0 Å². The van der Waals surface area contributed by atoms with E-state index in [-0.39, 0.29) is 0 Å². The van der Waals surface area contributed by atoms with Crippen molar-refractivity contribution in [3.8, 4) is 0 Å². The smallest absolute Gasteiger partial charge is 0.111 e. The lowest BCUT2D eigenvalue weighted by atomic mass is 9.90. The van der Waals surface area contributed by atoms with Crippen molar-refractivity contribution in [1.82, 2.24) is 14.5 Å². The van der Waals surface area contributed by atoms with E-state index in [1.54, 1.807) is 0 Å². The number of hydrogen-bond donors (Lipinski definition) is 0. The fourth-order valence-electron chi connectivity index (χ4n) is 3.63. The standard InChI is InChI=1S/C16H20BrN3/c1-11-10-20-15-6-5-12(17)9-14(15)18-16(20)7-8-19(11)13-3-2-4-13/h5-6,9,11,13H,2-4,7-8,10H2,1H3. The van der Waals surface area contributed by atoms with Crippen LogP contribution in [-0.2, 0) is 13.0 Å². The minimum Gasteiger partial charge on any atom is -0.326 e. The molecule has 106 valence electrons. The van der Waals surface area contributed by atoms with E-state index >= 15 is 0 Å². The lowest BCUT2D eigenvalue weighted by molar-refractivity contribution is 0.0867. The summed E-state index contributed by atoms with van der Waals surface area (Å²) in [5, 5.41) is 0. The van der Waals surface area contributed by atoms with Crippen molar-refractivity contribution in [3.05, 3.63) is 28.5 Å². The van der Waals surface area contributed by atoms with Crippen LogP contribution in [0.1, 0.15) is 32.0 Å². The molecule has 0 amide bonds. The van der Waals surface area contributed by atoms with Gasteiger partial charge < -0.3 is 4.57 Å². The van der Waals surface area contributed by atoms with Gasteiger partial charge in [0.15, 0.2) is 0 Å². The monoisotopic (exact) mass is 333 g/mol. The third kappa shape index (κ3) is 2.01. The molecule has 1 atom stereocenters. The van der Waals surface area contributed by atoms with Crippen molar-refractivity contribution >= 4 is 27.0 Å². The van der Waals surface area contributed by atoms with Crippen molar-refractivity contribution in [2.45, 2.75) is 51.2 Å². The minimum atomic E-state index is 0.614. The summed E-state index contributed by atoms with van der Waals surface area (Å²) < 4.78 is 3.55. The van der Waals surface area contributed by atoms with Gasteiger partial charge in [-0.15, -0.1) is 0 Å². The van der Waals surface area contributed by atoms with Gasteiger partial charge in [0.1, 0.15) is 5.82 Å². The van der Waals surface area contributed by atoms with E-state index in [1.807, 2.05) is 0 Å². The van der Waals surface area contributed by atoms with Gasteiger partial charge in [-0.3, -0.25) is 4.90 Å². The number of fused-ring (bicyclic) bond motifs is 3. The molecule has 0 saturated heterocycles. The van der Waals surface area contributed by atoms with Crippen LogP contribution < -0.4 is 0 Å². The SMILES string of the molecule is CC1Cn2c(nc3cc(Br)ccc32)CCN1C1CCC1. The zero-order valence-corrected chi connectivity index (χ0v) is 13.4. The Kier molecular flexibility index (Phi) is 3.11. The lowest BCUT2D eigenvalue weighted by Crippen LogP contribution is -2.46. The van der Waals surface area contributed by atoms with Crippen molar-refractivity contribution < 1.29 is 0 Å². The number of hydrogen-bond acceptors (Lipinski definition) is 2. The molecule has 20 heavy (non-hydrogen) atoms. The van der Waals surface area contributed by atoms with Crippen molar-refractivity contribution in [1.29, 1.82) is 0 Å². The summed E-state index contributed by atoms with van der Waals surface area (Å²) in [6.45, 7) is 4.61. The Morgan fingerprint density at radius 1 is 1.30 bits per heavy atom. The van der Waals surface area contributed by atoms with Crippen molar-refractivity contribution in [2.24, 2.45) is 0 Å². The molecule has 1 fully saturated rings. The van der Waals surface area contributed by atoms with Gasteiger partial charge in [-0.25, -0.2) is 4.98 Å². The summed E-state index contributed by atoms with van der Waals surface area (Å²) in [5.74, 6) is 1.26. The Balaban J connectivity index is 1.70. The highest BCUT2D eigenvalue weighted by atomic mass is 79.9. The van der Waals surface area contributed by atoms with E-state index < -0.39 is 0 Å². The molecule has 1 aliphatic heterocycles. The Morgan fingerprint density at radius 2 is 2.15 bits per heavy atom. The fourth-order valence-corrected chi connectivity index (χ4v) is 3.98. The second-order valence-electron chi connectivity index (χ2n) is 6.19. The van der Waals surface area contributed by atoms with Crippen LogP contribution in [-0.4, -0.2) is 33.1 Å². The molecular formula is C16H20BrN3. The molecule has 2 aromatic rings. The van der Waals surface area contributed by atoms with E-state index in [2.05, 4.69) is 50.5 Å². The molecule has 1 aliphatic carbocycles. The molecule has 0 radical (unpaired) electrons. The second-order valence-corrected chi connectivity index (χ2v) is 7.11. The number of imidazole rings is 1. The maximum Gasteiger partial charge on any atom is 0.111 e. The zero-order chi connectivity index (χ0) is 13.7. The van der Waals surface area contributed by atoms with Gasteiger partial charge >= 0.3 is 0 Å². The van der Waals surface area contributed by atoms with E-state index in [9.17, 15) is 0 Å². The predicted molar refractivity (Wildman–Crippen MR) is 84.9 cm³/mol. The van der Waals surface area contributed by atoms with Crippen LogP contribution in [0.15, 0.2) is 22.7 Å². The molecule has 4 heteroatoms. The van der Waals surface area contributed by atoms with E-state index in [1.165, 1.54) is 30.6 Å². The van der Waals surface area contributed by atoms with E-state index in [0.29, 0.717) is 6.04 Å². The van der Waals surface area contributed by atoms with Gasteiger partial charge in [-0.2, -0.15) is 0 Å². The third-order valence-electron chi connectivity index (χ3n) is 4.94. The summed E-state index contributed by atoms with van der Waals surface area (Å²) in [6, 6.07) is 7.89. The first-order valence-electron chi connectivity index (χ1n) is 7.63. The molecule has 1 aromatic heterocycles. The van der Waals surface area contributed by atoms with Crippen LogP contribution >= 0.6 is 15.9 Å². The molecule has 2 aliphatic rings. The Morgan fingerprint density at radius 3 is 2.90 bits per heavy atom. The molecule has 0 N–H and O–H groups in total. The highest BCUT2D eigenvalue weighted by Gasteiger charge is 2.31. The fraction of sp³-hybridized carbons (Fsp3) is 0.562. The largest absolute Gasteiger partial charge is 0.326 e. The van der Waals surface area contributed by atoms with Gasteiger partial charge in [-0.05, 0) is 38.0 Å². The van der Waals surface area contributed by atoms with E-state index in [0.717, 1.165) is 35.5 Å². The topological polar surface area (TPSA) is 21.1 Å². The molecule has 2 heterocycles. The first kappa shape index (κ1) is 12.8. The Hall–Kier alpha value is -0.870. The molecule has 1 unspecified atom stereocenters. The maximum absolute atomic E-state index is 4.85. The first-order valence-corrected chi connectivity index (χ1v) is 8.42. The van der Waals surface area contributed by atoms with Gasteiger partial charge in [0.2, 0.25) is 0 Å². The van der Waals surface area contributed by atoms with Crippen LogP contribution in [0.2, 0.25) is 0 Å². The minimum absolute atomic E-state index is 0.614. The summed E-state index contributed by atoms with van der Waals surface area (Å²) in [4.78, 5) is 7.56. The highest BCUT2D eigenvalue weighted by molar-refractivity contribution is 9.10. The van der Waals surface area contributed by atoms with Crippen LogP contribution in [0.25, 0.3) is 11.0 Å². The number of rotatable bonds is 1. The van der Waals surface area contributed by atoms with Gasteiger partial charge in [0.25, 0.3) is 0 Å². The average Bonchev–Trinajstić information content (AvgIpc) is 2.61. The van der Waals surface area contributed by atoms with Crippen molar-refractivity contribution in [3.63, 3.8) is 0 Å². The summed E-state index contributed by atoms with van der Waals surface area (Å²) in [7, 11) is 0. The van der Waals surface area contributed by atoms with Crippen LogP contribution in [0, 0.1) is 0 Å². The van der Waals surface area contributed by atoms with Crippen LogP contribution in [0.4, 0.5) is 0 Å². The number of halogens is 1. The number of nitrogens with zero attached hydrogens (tertiary/aromatic N) is 3. The predicted octanol–water partition coefficient (Wildman–Crippen LogP) is 3.60. The molecule has 0 bridgehead atoms.